The first-order valence-corrected chi connectivity index (χ1v) is 8.47. The van der Waals surface area contributed by atoms with Crippen LogP contribution < -0.4 is 5.30 Å². The van der Waals surface area contributed by atoms with Crippen LogP contribution in [0.3, 0.4) is 0 Å². The first kappa shape index (κ1) is 19.0. The van der Waals surface area contributed by atoms with Crippen LogP contribution in [0.4, 0.5) is 0 Å². The molecule has 6 heteroatoms. The molecule has 1 unspecified atom stereocenters. The Labute approximate surface area is 132 Å². The number of rotatable bonds is 6. The largest absolute Gasteiger partial charge is 0.465 e. The molecule has 0 aliphatic carbocycles. The third-order valence-electron chi connectivity index (χ3n) is 3.28. The fourth-order valence-corrected chi connectivity index (χ4v) is 3.42. The molecule has 1 atom stereocenters. The highest BCUT2D eigenvalue weighted by Crippen LogP contribution is 2.34. The van der Waals surface area contributed by atoms with E-state index in [0.717, 1.165) is 5.56 Å². The Morgan fingerprint density at radius 2 is 1.91 bits per heavy atom. The van der Waals surface area contributed by atoms with Gasteiger partial charge in [-0.3, -0.25) is 4.79 Å². The highest BCUT2D eigenvalue weighted by Gasteiger charge is 2.33. The molecule has 124 valence electrons. The molecule has 1 aromatic rings. The molecular weight excluding hydrogens is 303 g/mol. The van der Waals surface area contributed by atoms with Gasteiger partial charge in [-0.25, -0.2) is 0 Å². The second kappa shape index (κ2) is 7.51. The molecule has 0 aliphatic rings. The van der Waals surface area contributed by atoms with E-state index in [1.807, 2.05) is 26.8 Å². The lowest BCUT2D eigenvalue weighted by Gasteiger charge is -2.28. The van der Waals surface area contributed by atoms with Crippen molar-refractivity contribution in [2.75, 3.05) is 6.61 Å². The van der Waals surface area contributed by atoms with Crippen molar-refractivity contribution < 1.29 is 24.4 Å². The van der Waals surface area contributed by atoms with Crippen molar-refractivity contribution >= 4 is 19.6 Å². The van der Waals surface area contributed by atoms with Gasteiger partial charge in [0.2, 0.25) is 0 Å². The van der Waals surface area contributed by atoms with Crippen molar-refractivity contribution in [1.29, 1.82) is 0 Å². The summed E-state index contributed by atoms with van der Waals surface area (Å²) in [6, 6.07) is 3.47. The molecule has 0 bridgehead atoms. The van der Waals surface area contributed by atoms with Gasteiger partial charge in [0.15, 0.2) is 8.38 Å². The predicted octanol–water partition coefficient (Wildman–Crippen LogP) is 2.02. The number of hydrogen-bond acceptors (Lipinski definition) is 5. The molecule has 0 heterocycles. The molecule has 5 nitrogen and oxygen atoms in total. The van der Waals surface area contributed by atoms with E-state index in [9.17, 15) is 19.7 Å². The quantitative estimate of drug-likeness (QED) is 0.549. The number of carbonyl (C=O) groups is 1. The maximum atomic E-state index is 11.9. The van der Waals surface area contributed by atoms with Gasteiger partial charge in [-0.15, -0.1) is 0 Å². The number of hydrogen-bond donors (Lipinski definition) is 3. The van der Waals surface area contributed by atoms with Crippen molar-refractivity contribution in [2.45, 2.75) is 46.6 Å². The van der Waals surface area contributed by atoms with Crippen LogP contribution in [0.15, 0.2) is 12.1 Å². The molecule has 0 spiro atoms. The maximum Gasteiger partial charge on any atom is 0.309 e. The summed E-state index contributed by atoms with van der Waals surface area (Å²) in [5.74, 6) is -0.293. The first-order valence-electron chi connectivity index (χ1n) is 7.22. The van der Waals surface area contributed by atoms with Crippen LogP contribution in [0.25, 0.3) is 0 Å². The van der Waals surface area contributed by atoms with Gasteiger partial charge in [-0.1, -0.05) is 25.5 Å². The fourth-order valence-electron chi connectivity index (χ4n) is 2.48. The molecule has 0 saturated heterocycles. The van der Waals surface area contributed by atoms with Crippen molar-refractivity contribution in [3.8, 4) is 0 Å². The van der Waals surface area contributed by atoms with Crippen LogP contribution in [0, 0.1) is 19.8 Å². The SMILES string of the molecule is Cc1cc(C)c(C(C)(O)CC(=O)OCC(C)C)c(P(O)O)c1. The van der Waals surface area contributed by atoms with Gasteiger partial charge < -0.3 is 19.6 Å². The molecule has 0 aliphatic heterocycles. The Morgan fingerprint density at radius 1 is 1.32 bits per heavy atom. The van der Waals surface area contributed by atoms with E-state index >= 15 is 0 Å². The predicted molar refractivity (Wildman–Crippen MR) is 86.9 cm³/mol. The minimum absolute atomic E-state index is 0.216. The van der Waals surface area contributed by atoms with Crippen LogP contribution in [0.2, 0.25) is 0 Å². The highest BCUT2D eigenvalue weighted by atomic mass is 31.2. The van der Waals surface area contributed by atoms with Gasteiger partial charge in [0.05, 0.1) is 18.6 Å². The summed E-state index contributed by atoms with van der Waals surface area (Å²) in [5.41, 5.74) is 0.445. The second-order valence-corrected chi connectivity index (χ2v) is 7.35. The minimum atomic E-state index is -2.37. The topological polar surface area (TPSA) is 87.0 Å². The van der Waals surface area contributed by atoms with Crippen molar-refractivity contribution in [3.05, 3.63) is 28.8 Å². The smallest absolute Gasteiger partial charge is 0.309 e. The van der Waals surface area contributed by atoms with Gasteiger partial charge in [-0.2, -0.15) is 0 Å². The molecule has 0 aromatic heterocycles. The van der Waals surface area contributed by atoms with Crippen molar-refractivity contribution in [3.63, 3.8) is 0 Å². The lowest BCUT2D eigenvalue weighted by Crippen LogP contribution is -2.33. The third kappa shape index (κ3) is 5.03. The third-order valence-corrected chi connectivity index (χ3v) is 4.06. The van der Waals surface area contributed by atoms with Crippen LogP contribution in [0.1, 0.15) is 43.9 Å². The lowest BCUT2D eigenvalue weighted by atomic mass is 9.88. The number of aliphatic hydroxyl groups is 1. The second-order valence-electron chi connectivity index (χ2n) is 6.29. The molecule has 22 heavy (non-hydrogen) atoms. The van der Waals surface area contributed by atoms with Gasteiger partial charge in [0.1, 0.15) is 0 Å². The van der Waals surface area contributed by atoms with E-state index in [4.69, 9.17) is 4.74 Å². The number of carbonyl (C=O) groups excluding carboxylic acids is 1. The van der Waals surface area contributed by atoms with Gasteiger partial charge in [0, 0.05) is 5.30 Å². The standard InChI is InChI=1S/C16H25O5P/c1-10(2)9-21-14(17)8-16(5,18)15-12(4)6-11(3)7-13(15)22(19)20/h6-7,10,18-20H,8-9H2,1-5H3. The van der Waals surface area contributed by atoms with Crippen LogP contribution in [-0.4, -0.2) is 27.5 Å². The summed E-state index contributed by atoms with van der Waals surface area (Å²) in [6.07, 6.45) is -0.236. The van der Waals surface area contributed by atoms with E-state index < -0.39 is 19.9 Å². The van der Waals surface area contributed by atoms with E-state index in [1.54, 1.807) is 13.0 Å². The van der Waals surface area contributed by atoms with E-state index in [-0.39, 0.29) is 17.6 Å². The van der Waals surface area contributed by atoms with Crippen molar-refractivity contribution in [2.24, 2.45) is 5.92 Å². The maximum absolute atomic E-state index is 11.9. The summed E-state index contributed by atoms with van der Waals surface area (Å²) in [5, 5.41) is 11.0. The first-order chi connectivity index (χ1) is 10.0. The highest BCUT2D eigenvalue weighted by molar-refractivity contribution is 7.54. The van der Waals surface area contributed by atoms with E-state index in [2.05, 4.69) is 0 Å². The average molecular weight is 328 g/mol. The monoisotopic (exact) mass is 328 g/mol. The number of benzene rings is 1. The summed E-state index contributed by atoms with van der Waals surface area (Å²) in [4.78, 5) is 31.1. The Bertz CT molecular complexity index is 538. The molecule has 0 radical (unpaired) electrons. The molecule has 1 rings (SSSR count). The minimum Gasteiger partial charge on any atom is -0.465 e. The Balaban J connectivity index is 3.09. The van der Waals surface area contributed by atoms with Crippen LogP contribution >= 0.6 is 8.38 Å². The molecule has 1 aromatic carbocycles. The summed E-state index contributed by atoms with van der Waals surface area (Å²) in [7, 11) is -2.37. The lowest BCUT2D eigenvalue weighted by molar-refractivity contribution is -0.150. The average Bonchev–Trinajstić information content (AvgIpc) is 2.34. The molecule has 0 saturated carbocycles. The Kier molecular flexibility index (Phi) is 6.50. The zero-order valence-electron chi connectivity index (χ0n) is 13.8. The zero-order chi connectivity index (χ0) is 17.1. The molecular formula is C16H25O5P. The summed E-state index contributed by atoms with van der Waals surface area (Å²) >= 11 is 0. The Morgan fingerprint density at radius 3 is 2.41 bits per heavy atom. The summed E-state index contributed by atoms with van der Waals surface area (Å²) < 4.78 is 5.11. The zero-order valence-corrected chi connectivity index (χ0v) is 14.6. The normalized spacial score (nSPS) is 14.3. The number of ether oxygens (including phenoxy) is 1. The van der Waals surface area contributed by atoms with Crippen molar-refractivity contribution in [1.82, 2.24) is 0 Å². The Hall–Kier alpha value is -1.00. The van der Waals surface area contributed by atoms with E-state index in [0.29, 0.717) is 17.7 Å². The molecule has 3 N–H and O–H groups in total. The van der Waals surface area contributed by atoms with Gasteiger partial charge >= 0.3 is 5.97 Å². The number of esters is 1. The number of aryl methyl sites for hydroxylation is 2. The molecule has 0 fully saturated rings. The van der Waals surface area contributed by atoms with Gasteiger partial charge in [0.25, 0.3) is 0 Å². The molecule has 0 amide bonds. The van der Waals surface area contributed by atoms with E-state index in [1.165, 1.54) is 6.92 Å². The summed E-state index contributed by atoms with van der Waals surface area (Å²) in [6.45, 7) is 9.26. The van der Waals surface area contributed by atoms with Gasteiger partial charge in [-0.05, 0) is 43.9 Å². The van der Waals surface area contributed by atoms with Crippen LogP contribution in [0.5, 0.6) is 0 Å². The van der Waals surface area contributed by atoms with Crippen LogP contribution in [-0.2, 0) is 15.1 Å². The fraction of sp³-hybridized carbons (Fsp3) is 0.562.